The van der Waals surface area contributed by atoms with Crippen molar-refractivity contribution < 1.29 is 14.3 Å². The van der Waals surface area contributed by atoms with Gasteiger partial charge in [-0.1, -0.05) is 12.1 Å². The summed E-state index contributed by atoms with van der Waals surface area (Å²) < 4.78 is 10.4. The van der Waals surface area contributed by atoms with Crippen molar-refractivity contribution >= 4 is 5.78 Å². The molecular formula is C14H18O3. The Morgan fingerprint density at radius 3 is 2.76 bits per heavy atom. The van der Waals surface area contributed by atoms with Gasteiger partial charge in [0.15, 0.2) is 5.78 Å². The number of hydrogen-bond donors (Lipinski definition) is 0. The van der Waals surface area contributed by atoms with Crippen LogP contribution in [-0.4, -0.2) is 26.1 Å². The van der Waals surface area contributed by atoms with Crippen LogP contribution in [0.15, 0.2) is 24.3 Å². The average molecular weight is 234 g/mol. The largest absolute Gasteiger partial charge is 0.497 e. The van der Waals surface area contributed by atoms with E-state index in [1.165, 1.54) is 0 Å². The fourth-order valence-corrected chi connectivity index (χ4v) is 2.07. The molecule has 1 fully saturated rings. The van der Waals surface area contributed by atoms with Gasteiger partial charge in [0.2, 0.25) is 0 Å². The maximum absolute atomic E-state index is 12.1. The third-order valence-corrected chi connectivity index (χ3v) is 3.13. The zero-order chi connectivity index (χ0) is 12.3. The van der Waals surface area contributed by atoms with Crippen molar-refractivity contribution in [3.8, 4) is 5.75 Å². The highest BCUT2D eigenvalue weighted by Gasteiger charge is 2.35. The van der Waals surface area contributed by atoms with Gasteiger partial charge in [-0.3, -0.25) is 4.79 Å². The van der Waals surface area contributed by atoms with Crippen LogP contribution in [-0.2, 0) is 16.0 Å². The van der Waals surface area contributed by atoms with Gasteiger partial charge in [0.1, 0.15) is 11.9 Å². The molecule has 3 heteroatoms. The SMILES string of the molecule is COc1cccc(CC(=O)C(OC)C2CC2)c1. The first-order chi connectivity index (χ1) is 8.24. The van der Waals surface area contributed by atoms with Crippen LogP contribution >= 0.6 is 0 Å². The smallest absolute Gasteiger partial charge is 0.166 e. The van der Waals surface area contributed by atoms with Crippen LogP contribution in [0.3, 0.4) is 0 Å². The molecular weight excluding hydrogens is 216 g/mol. The first kappa shape index (κ1) is 12.1. The van der Waals surface area contributed by atoms with Crippen molar-refractivity contribution in [1.82, 2.24) is 0 Å². The van der Waals surface area contributed by atoms with Gasteiger partial charge in [-0.2, -0.15) is 0 Å². The first-order valence-electron chi connectivity index (χ1n) is 5.93. The minimum Gasteiger partial charge on any atom is -0.497 e. The predicted octanol–water partition coefficient (Wildman–Crippen LogP) is 2.23. The number of ether oxygens (including phenoxy) is 2. The lowest BCUT2D eigenvalue weighted by molar-refractivity contribution is -0.129. The summed E-state index contributed by atoms with van der Waals surface area (Å²) in [5, 5.41) is 0. The lowest BCUT2D eigenvalue weighted by atomic mass is 10.0. The minimum absolute atomic E-state index is 0.170. The molecule has 3 nitrogen and oxygen atoms in total. The van der Waals surface area contributed by atoms with Gasteiger partial charge in [0, 0.05) is 13.5 Å². The minimum atomic E-state index is -0.221. The van der Waals surface area contributed by atoms with Crippen molar-refractivity contribution in [3.63, 3.8) is 0 Å². The number of hydrogen-bond acceptors (Lipinski definition) is 3. The molecule has 0 N–H and O–H groups in total. The second-order valence-electron chi connectivity index (χ2n) is 4.49. The van der Waals surface area contributed by atoms with E-state index in [4.69, 9.17) is 9.47 Å². The molecule has 0 bridgehead atoms. The molecule has 1 aromatic carbocycles. The summed E-state index contributed by atoms with van der Waals surface area (Å²) in [6.07, 6.45) is 2.43. The zero-order valence-corrected chi connectivity index (χ0v) is 10.3. The van der Waals surface area contributed by atoms with E-state index in [2.05, 4.69) is 0 Å². The van der Waals surface area contributed by atoms with Crippen LogP contribution in [0.4, 0.5) is 0 Å². The summed E-state index contributed by atoms with van der Waals surface area (Å²) in [5.41, 5.74) is 0.983. The lowest BCUT2D eigenvalue weighted by Gasteiger charge is -2.13. The zero-order valence-electron chi connectivity index (χ0n) is 10.3. The Bertz CT molecular complexity index is 396. The molecule has 1 aliphatic rings. The van der Waals surface area contributed by atoms with Gasteiger partial charge in [0.25, 0.3) is 0 Å². The van der Waals surface area contributed by atoms with Crippen molar-refractivity contribution in [3.05, 3.63) is 29.8 Å². The summed E-state index contributed by atoms with van der Waals surface area (Å²) in [4.78, 5) is 12.1. The summed E-state index contributed by atoms with van der Waals surface area (Å²) in [5.74, 6) is 1.40. The third-order valence-electron chi connectivity index (χ3n) is 3.13. The highest BCUT2D eigenvalue weighted by atomic mass is 16.5. The van der Waals surface area contributed by atoms with E-state index >= 15 is 0 Å². The monoisotopic (exact) mass is 234 g/mol. The predicted molar refractivity (Wildman–Crippen MR) is 65.2 cm³/mol. The Kier molecular flexibility index (Phi) is 3.79. The molecule has 17 heavy (non-hydrogen) atoms. The van der Waals surface area contributed by atoms with Crippen LogP contribution < -0.4 is 4.74 Å². The molecule has 0 heterocycles. The molecule has 0 amide bonds. The van der Waals surface area contributed by atoms with Gasteiger partial charge in [0.05, 0.1) is 7.11 Å². The number of benzene rings is 1. The van der Waals surface area contributed by atoms with Crippen LogP contribution in [0, 0.1) is 5.92 Å². The molecule has 0 spiro atoms. The first-order valence-corrected chi connectivity index (χ1v) is 5.93. The van der Waals surface area contributed by atoms with Gasteiger partial charge >= 0.3 is 0 Å². The summed E-state index contributed by atoms with van der Waals surface area (Å²) in [6.45, 7) is 0. The number of carbonyl (C=O) groups excluding carboxylic acids is 1. The van der Waals surface area contributed by atoms with E-state index in [-0.39, 0.29) is 11.9 Å². The second kappa shape index (κ2) is 5.32. The van der Waals surface area contributed by atoms with Crippen LogP contribution in [0.25, 0.3) is 0 Å². The highest BCUT2D eigenvalue weighted by Crippen LogP contribution is 2.35. The van der Waals surface area contributed by atoms with E-state index < -0.39 is 0 Å². The fraction of sp³-hybridized carbons (Fsp3) is 0.500. The standard InChI is InChI=1S/C14H18O3/c1-16-12-5-3-4-10(8-12)9-13(15)14(17-2)11-6-7-11/h3-5,8,11,14H,6-7,9H2,1-2H3. The molecule has 0 aliphatic heterocycles. The van der Waals surface area contributed by atoms with Crippen LogP contribution in [0.2, 0.25) is 0 Å². The van der Waals surface area contributed by atoms with E-state index in [0.29, 0.717) is 12.3 Å². The van der Waals surface area contributed by atoms with E-state index in [0.717, 1.165) is 24.2 Å². The molecule has 1 saturated carbocycles. The van der Waals surface area contributed by atoms with Crippen molar-refractivity contribution in [1.29, 1.82) is 0 Å². The molecule has 1 atom stereocenters. The Morgan fingerprint density at radius 1 is 1.41 bits per heavy atom. The topological polar surface area (TPSA) is 35.5 Å². The second-order valence-corrected chi connectivity index (χ2v) is 4.49. The van der Waals surface area contributed by atoms with E-state index in [1.807, 2.05) is 24.3 Å². The van der Waals surface area contributed by atoms with Gasteiger partial charge < -0.3 is 9.47 Å². The normalized spacial score (nSPS) is 16.6. The molecule has 92 valence electrons. The molecule has 1 unspecified atom stereocenters. The Balaban J connectivity index is 2.01. The molecule has 1 aliphatic carbocycles. The Morgan fingerprint density at radius 2 is 2.18 bits per heavy atom. The highest BCUT2D eigenvalue weighted by molar-refractivity contribution is 5.85. The van der Waals surface area contributed by atoms with Crippen molar-refractivity contribution in [2.45, 2.75) is 25.4 Å². The number of ketones is 1. The third kappa shape index (κ3) is 3.07. The van der Waals surface area contributed by atoms with Gasteiger partial charge in [-0.25, -0.2) is 0 Å². The van der Waals surface area contributed by atoms with Crippen LogP contribution in [0.5, 0.6) is 5.75 Å². The Labute approximate surface area is 102 Å². The van der Waals surface area contributed by atoms with Crippen LogP contribution in [0.1, 0.15) is 18.4 Å². The van der Waals surface area contributed by atoms with Gasteiger partial charge in [-0.05, 0) is 36.5 Å². The summed E-state index contributed by atoms with van der Waals surface area (Å²) >= 11 is 0. The van der Waals surface area contributed by atoms with E-state index in [9.17, 15) is 4.79 Å². The van der Waals surface area contributed by atoms with E-state index in [1.54, 1.807) is 14.2 Å². The van der Waals surface area contributed by atoms with Crippen molar-refractivity contribution in [2.24, 2.45) is 5.92 Å². The molecule has 0 radical (unpaired) electrons. The average Bonchev–Trinajstić information content (AvgIpc) is 3.15. The number of rotatable bonds is 6. The number of methoxy groups -OCH3 is 2. The molecule has 0 saturated heterocycles. The fourth-order valence-electron chi connectivity index (χ4n) is 2.07. The van der Waals surface area contributed by atoms with Crippen molar-refractivity contribution in [2.75, 3.05) is 14.2 Å². The lowest BCUT2D eigenvalue weighted by Crippen LogP contribution is -2.26. The molecule has 0 aromatic heterocycles. The van der Waals surface area contributed by atoms with Gasteiger partial charge in [-0.15, -0.1) is 0 Å². The quantitative estimate of drug-likeness (QED) is 0.757. The Hall–Kier alpha value is -1.35. The molecule has 1 aromatic rings. The summed E-state index contributed by atoms with van der Waals surface area (Å²) in [7, 11) is 3.25. The maximum Gasteiger partial charge on any atom is 0.166 e. The summed E-state index contributed by atoms with van der Waals surface area (Å²) in [6, 6.07) is 7.63. The maximum atomic E-state index is 12.1. The number of carbonyl (C=O) groups is 1. The molecule has 2 rings (SSSR count). The number of Topliss-reactive ketones (excluding diaryl/α,β-unsaturated/α-hetero) is 1.